The van der Waals surface area contributed by atoms with E-state index in [1.807, 2.05) is 0 Å². The lowest BCUT2D eigenvalue weighted by Crippen LogP contribution is -2.46. The Kier molecular flexibility index (Phi) is 9.00. The first kappa shape index (κ1) is 21.9. The molecule has 1 aliphatic heterocycles. The molecule has 1 fully saturated rings. The van der Waals surface area contributed by atoms with Gasteiger partial charge in [0.25, 0.3) is 0 Å². The number of nitrogens with one attached hydrogen (secondary N) is 2. The Morgan fingerprint density at radius 3 is 2.61 bits per heavy atom. The number of nitrogens with zero attached hydrogens (tertiary/aromatic N) is 1. The molecule has 154 valence electrons. The number of carbonyl (C=O) groups is 2. The van der Waals surface area contributed by atoms with Gasteiger partial charge in [0.1, 0.15) is 5.75 Å². The number of esters is 1. The van der Waals surface area contributed by atoms with E-state index in [-0.39, 0.29) is 23.5 Å². The highest BCUT2D eigenvalue weighted by Crippen LogP contribution is 2.24. The van der Waals surface area contributed by atoms with Crippen LogP contribution < -0.4 is 10.6 Å². The fourth-order valence-corrected chi connectivity index (χ4v) is 3.42. The van der Waals surface area contributed by atoms with E-state index in [9.17, 15) is 14.7 Å². The molecule has 0 spiro atoms. The van der Waals surface area contributed by atoms with Crippen LogP contribution in [0.25, 0.3) is 0 Å². The SMILES string of the molecule is COC(=O)CCCCCNC(=S)N1CCC(C(=O)Nc2ccccc2O)CC1. The summed E-state index contributed by atoms with van der Waals surface area (Å²) in [5.74, 6) is -0.245. The second kappa shape index (κ2) is 11.5. The largest absolute Gasteiger partial charge is 0.506 e. The number of piperidine rings is 1. The van der Waals surface area contributed by atoms with Crippen LogP contribution in [0, 0.1) is 5.92 Å². The lowest BCUT2D eigenvalue weighted by atomic mass is 9.96. The van der Waals surface area contributed by atoms with E-state index in [4.69, 9.17) is 12.2 Å². The summed E-state index contributed by atoms with van der Waals surface area (Å²) in [4.78, 5) is 25.6. The van der Waals surface area contributed by atoms with Gasteiger partial charge < -0.3 is 25.4 Å². The number of likely N-dealkylation sites (tertiary alicyclic amines) is 1. The highest BCUT2D eigenvalue weighted by atomic mass is 32.1. The van der Waals surface area contributed by atoms with E-state index in [0.717, 1.165) is 51.7 Å². The molecular formula is C20H29N3O4S. The summed E-state index contributed by atoms with van der Waals surface area (Å²) in [5.41, 5.74) is 0.444. The van der Waals surface area contributed by atoms with E-state index in [2.05, 4.69) is 20.3 Å². The van der Waals surface area contributed by atoms with Crippen molar-refractivity contribution in [2.75, 3.05) is 32.1 Å². The van der Waals surface area contributed by atoms with Crippen LogP contribution in [0.3, 0.4) is 0 Å². The van der Waals surface area contributed by atoms with Crippen molar-refractivity contribution in [1.29, 1.82) is 0 Å². The number of rotatable bonds is 8. The first-order valence-corrected chi connectivity index (χ1v) is 10.1. The van der Waals surface area contributed by atoms with Gasteiger partial charge in [-0.15, -0.1) is 0 Å². The van der Waals surface area contributed by atoms with Crippen LogP contribution in [0.15, 0.2) is 24.3 Å². The van der Waals surface area contributed by atoms with Gasteiger partial charge in [-0.1, -0.05) is 18.6 Å². The van der Waals surface area contributed by atoms with Crippen molar-refractivity contribution in [1.82, 2.24) is 10.2 Å². The molecule has 1 heterocycles. The van der Waals surface area contributed by atoms with Gasteiger partial charge in [0.2, 0.25) is 5.91 Å². The van der Waals surface area contributed by atoms with Gasteiger partial charge in [-0.3, -0.25) is 9.59 Å². The van der Waals surface area contributed by atoms with Crippen LogP contribution in [-0.4, -0.2) is 53.7 Å². The number of benzene rings is 1. The van der Waals surface area contributed by atoms with E-state index in [1.165, 1.54) is 7.11 Å². The third kappa shape index (κ3) is 6.99. The normalized spacial score (nSPS) is 14.4. The van der Waals surface area contributed by atoms with Gasteiger partial charge in [-0.2, -0.15) is 0 Å². The molecule has 1 saturated heterocycles. The number of phenols is 1. The number of carbonyl (C=O) groups excluding carboxylic acids is 2. The predicted molar refractivity (Wildman–Crippen MR) is 112 cm³/mol. The van der Waals surface area contributed by atoms with Crippen LogP contribution in [-0.2, 0) is 14.3 Å². The zero-order chi connectivity index (χ0) is 20.4. The standard InChI is InChI=1S/C20H29N3O4S/c1-27-18(25)9-3-2-6-12-21-20(28)23-13-10-15(11-14-23)19(26)22-16-7-4-5-8-17(16)24/h4-5,7-8,15,24H,2-3,6,9-14H2,1H3,(H,21,28)(H,22,26). The number of unbranched alkanes of at least 4 members (excludes halogenated alkanes) is 2. The number of hydrogen-bond donors (Lipinski definition) is 3. The van der Waals surface area contributed by atoms with Crippen molar-refractivity contribution in [3.63, 3.8) is 0 Å². The molecule has 1 aromatic rings. The number of amides is 1. The number of anilines is 1. The summed E-state index contributed by atoms with van der Waals surface area (Å²) in [6.45, 7) is 2.23. The summed E-state index contributed by atoms with van der Waals surface area (Å²) in [6, 6.07) is 6.73. The second-order valence-corrected chi connectivity index (χ2v) is 7.27. The van der Waals surface area contributed by atoms with Crippen LogP contribution in [0.1, 0.15) is 38.5 Å². The average Bonchev–Trinajstić information content (AvgIpc) is 2.71. The molecule has 1 amide bonds. The number of phenolic OH excluding ortho intramolecular Hbond substituents is 1. The molecule has 0 aromatic heterocycles. The number of ether oxygens (including phenoxy) is 1. The Bertz CT molecular complexity index is 675. The second-order valence-electron chi connectivity index (χ2n) is 6.89. The first-order valence-electron chi connectivity index (χ1n) is 9.69. The topological polar surface area (TPSA) is 90.9 Å². The molecule has 0 unspecified atom stereocenters. The van der Waals surface area contributed by atoms with Gasteiger partial charge in [0.15, 0.2) is 5.11 Å². The molecule has 0 saturated carbocycles. The minimum atomic E-state index is -0.169. The van der Waals surface area contributed by atoms with E-state index >= 15 is 0 Å². The molecule has 0 atom stereocenters. The Labute approximate surface area is 171 Å². The molecule has 28 heavy (non-hydrogen) atoms. The van der Waals surface area contributed by atoms with Crippen LogP contribution >= 0.6 is 12.2 Å². The van der Waals surface area contributed by atoms with Gasteiger partial charge in [0, 0.05) is 32.0 Å². The third-order valence-electron chi connectivity index (χ3n) is 4.88. The summed E-state index contributed by atoms with van der Waals surface area (Å²) < 4.78 is 4.62. The fraction of sp³-hybridized carbons (Fsp3) is 0.550. The predicted octanol–water partition coefficient (Wildman–Crippen LogP) is 2.65. The molecule has 2 rings (SSSR count). The molecule has 0 aliphatic carbocycles. The summed E-state index contributed by atoms with van der Waals surface area (Å²) in [7, 11) is 1.40. The lowest BCUT2D eigenvalue weighted by Gasteiger charge is -2.33. The average molecular weight is 408 g/mol. The molecule has 1 aromatic carbocycles. The van der Waals surface area contributed by atoms with E-state index < -0.39 is 0 Å². The van der Waals surface area contributed by atoms with Gasteiger partial charge in [0.05, 0.1) is 12.8 Å². The Hall–Kier alpha value is -2.35. The number of para-hydroxylation sites is 2. The summed E-state index contributed by atoms with van der Waals surface area (Å²) >= 11 is 5.45. The quantitative estimate of drug-likeness (QED) is 0.264. The molecule has 1 aliphatic rings. The molecule has 0 radical (unpaired) electrons. The number of methoxy groups -OCH3 is 1. The Morgan fingerprint density at radius 2 is 1.93 bits per heavy atom. The van der Waals surface area contributed by atoms with Crippen LogP contribution in [0.2, 0.25) is 0 Å². The van der Waals surface area contributed by atoms with Crippen molar-refractivity contribution in [2.45, 2.75) is 38.5 Å². The van der Waals surface area contributed by atoms with Crippen molar-refractivity contribution < 1.29 is 19.4 Å². The van der Waals surface area contributed by atoms with Crippen molar-refractivity contribution in [3.8, 4) is 5.75 Å². The number of thiocarbonyl (C=S) groups is 1. The fourth-order valence-electron chi connectivity index (χ4n) is 3.14. The summed E-state index contributed by atoms with van der Waals surface area (Å²) in [5, 5.41) is 16.5. The van der Waals surface area contributed by atoms with Gasteiger partial charge >= 0.3 is 5.97 Å². The summed E-state index contributed by atoms with van der Waals surface area (Å²) in [6.07, 6.45) is 4.60. The maximum atomic E-state index is 12.4. The molecular weight excluding hydrogens is 378 g/mol. The smallest absolute Gasteiger partial charge is 0.305 e. The molecule has 7 nitrogen and oxygen atoms in total. The number of aromatic hydroxyl groups is 1. The Morgan fingerprint density at radius 1 is 1.21 bits per heavy atom. The Balaban J connectivity index is 1.63. The van der Waals surface area contributed by atoms with Gasteiger partial charge in [-0.25, -0.2) is 0 Å². The van der Waals surface area contributed by atoms with E-state index in [1.54, 1.807) is 24.3 Å². The highest BCUT2D eigenvalue weighted by molar-refractivity contribution is 7.80. The molecule has 0 bridgehead atoms. The molecule has 8 heteroatoms. The zero-order valence-electron chi connectivity index (χ0n) is 16.3. The minimum absolute atomic E-state index is 0.0642. The van der Waals surface area contributed by atoms with E-state index in [0.29, 0.717) is 17.2 Å². The van der Waals surface area contributed by atoms with Crippen molar-refractivity contribution in [3.05, 3.63) is 24.3 Å². The maximum absolute atomic E-state index is 12.4. The monoisotopic (exact) mass is 407 g/mol. The lowest BCUT2D eigenvalue weighted by molar-refractivity contribution is -0.140. The van der Waals surface area contributed by atoms with Gasteiger partial charge in [-0.05, 0) is 50.0 Å². The highest BCUT2D eigenvalue weighted by Gasteiger charge is 2.26. The maximum Gasteiger partial charge on any atom is 0.305 e. The zero-order valence-corrected chi connectivity index (χ0v) is 17.1. The first-order chi connectivity index (χ1) is 13.5. The number of hydrogen-bond acceptors (Lipinski definition) is 5. The van der Waals surface area contributed by atoms with Crippen LogP contribution in [0.4, 0.5) is 5.69 Å². The van der Waals surface area contributed by atoms with Crippen molar-refractivity contribution >= 4 is 34.9 Å². The minimum Gasteiger partial charge on any atom is -0.506 e. The molecule has 3 N–H and O–H groups in total. The third-order valence-corrected chi connectivity index (χ3v) is 5.28. The van der Waals surface area contributed by atoms with Crippen LogP contribution in [0.5, 0.6) is 5.75 Å². The van der Waals surface area contributed by atoms with Crippen molar-refractivity contribution in [2.24, 2.45) is 5.92 Å².